The van der Waals surface area contributed by atoms with Crippen LogP contribution in [0.25, 0.3) is 0 Å². The Morgan fingerprint density at radius 1 is 1.11 bits per heavy atom. The van der Waals surface area contributed by atoms with Crippen molar-refractivity contribution in [2.75, 3.05) is 11.1 Å². The molecule has 0 saturated carbocycles. The zero-order valence-corrected chi connectivity index (χ0v) is 9.69. The molecule has 0 aromatic heterocycles. The van der Waals surface area contributed by atoms with Gasteiger partial charge in [-0.2, -0.15) is 0 Å². The molecule has 3 N–H and O–H groups in total. The van der Waals surface area contributed by atoms with Gasteiger partial charge in [-0.1, -0.05) is 24.3 Å². The summed E-state index contributed by atoms with van der Waals surface area (Å²) < 4.78 is 12.7. The number of carbonyl (C=O) groups is 1. The number of para-hydroxylation sites is 2. The van der Waals surface area contributed by atoms with Gasteiger partial charge in [0.15, 0.2) is 0 Å². The number of nitrogens with one attached hydrogen (secondary N) is 1. The average Bonchev–Trinajstić information content (AvgIpc) is 2.35. The van der Waals surface area contributed by atoms with E-state index in [4.69, 9.17) is 5.73 Å². The number of hydrogen-bond acceptors (Lipinski definition) is 2. The maximum atomic E-state index is 12.7. The van der Waals surface area contributed by atoms with Crippen LogP contribution in [0.15, 0.2) is 48.5 Å². The molecule has 0 aliphatic rings. The third-order valence-electron chi connectivity index (χ3n) is 2.51. The lowest BCUT2D eigenvalue weighted by Gasteiger charge is -2.07. The van der Waals surface area contributed by atoms with E-state index in [1.807, 2.05) is 0 Å². The number of halogens is 1. The third-order valence-corrected chi connectivity index (χ3v) is 2.51. The lowest BCUT2D eigenvalue weighted by molar-refractivity contribution is -0.115. The van der Waals surface area contributed by atoms with Crippen LogP contribution in [0.5, 0.6) is 0 Å². The van der Waals surface area contributed by atoms with Crippen LogP contribution in [0.2, 0.25) is 0 Å². The van der Waals surface area contributed by atoms with E-state index in [0.29, 0.717) is 11.4 Å². The molecule has 0 heterocycles. The first kappa shape index (κ1) is 12.1. The van der Waals surface area contributed by atoms with Crippen molar-refractivity contribution in [2.24, 2.45) is 0 Å². The van der Waals surface area contributed by atoms with Crippen LogP contribution in [0.4, 0.5) is 15.8 Å². The molecule has 4 heteroatoms. The average molecular weight is 244 g/mol. The molecule has 92 valence electrons. The van der Waals surface area contributed by atoms with E-state index >= 15 is 0 Å². The van der Waals surface area contributed by atoms with Gasteiger partial charge in [-0.25, -0.2) is 4.39 Å². The topological polar surface area (TPSA) is 55.1 Å². The van der Waals surface area contributed by atoms with Crippen molar-refractivity contribution in [3.8, 4) is 0 Å². The van der Waals surface area contributed by atoms with Crippen molar-refractivity contribution >= 4 is 17.3 Å². The fourth-order valence-electron chi connectivity index (χ4n) is 1.59. The molecule has 2 rings (SSSR count). The zero-order chi connectivity index (χ0) is 13.0. The van der Waals surface area contributed by atoms with Crippen LogP contribution in [0, 0.1) is 5.82 Å². The monoisotopic (exact) mass is 244 g/mol. The molecule has 0 aliphatic heterocycles. The largest absolute Gasteiger partial charge is 0.397 e. The minimum atomic E-state index is -0.313. The maximum Gasteiger partial charge on any atom is 0.228 e. The van der Waals surface area contributed by atoms with Gasteiger partial charge in [0.2, 0.25) is 5.91 Å². The molecule has 2 aromatic rings. The second kappa shape index (κ2) is 5.31. The normalized spacial score (nSPS) is 10.1. The number of hydrogen-bond donors (Lipinski definition) is 2. The molecular formula is C14H13FN2O. The number of anilines is 2. The molecule has 18 heavy (non-hydrogen) atoms. The first-order valence-corrected chi connectivity index (χ1v) is 5.54. The van der Waals surface area contributed by atoms with E-state index in [0.717, 1.165) is 5.56 Å². The second-order valence-electron chi connectivity index (χ2n) is 3.94. The highest BCUT2D eigenvalue weighted by Crippen LogP contribution is 2.17. The summed E-state index contributed by atoms with van der Waals surface area (Å²) in [6, 6.07) is 12.9. The molecule has 0 spiro atoms. The minimum Gasteiger partial charge on any atom is -0.397 e. The van der Waals surface area contributed by atoms with Crippen molar-refractivity contribution < 1.29 is 9.18 Å². The highest BCUT2D eigenvalue weighted by atomic mass is 19.1. The van der Waals surface area contributed by atoms with Crippen molar-refractivity contribution in [3.05, 3.63) is 59.9 Å². The van der Waals surface area contributed by atoms with Gasteiger partial charge in [-0.15, -0.1) is 0 Å². The summed E-state index contributed by atoms with van der Waals surface area (Å²) in [5.41, 5.74) is 7.58. The molecule has 0 atom stereocenters. The van der Waals surface area contributed by atoms with Gasteiger partial charge in [0, 0.05) is 0 Å². The summed E-state index contributed by atoms with van der Waals surface area (Å²) >= 11 is 0. The SMILES string of the molecule is Nc1ccccc1NC(=O)Cc1ccc(F)cc1. The highest BCUT2D eigenvalue weighted by molar-refractivity contribution is 5.94. The molecule has 0 saturated heterocycles. The van der Waals surface area contributed by atoms with Gasteiger partial charge in [0.1, 0.15) is 5.82 Å². The molecule has 0 fully saturated rings. The first-order chi connectivity index (χ1) is 8.65. The zero-order valence-electron chi connectivity index (χ0n) is 9.69. The summed E-state index contributed by atoms with van der Waals surface area (Å²) in [4.78, 5) is 11.8. The Kier molecular flexibility index (Phi) is 3.57. The Labute approximate surface area is 104 Å². The Morgan fingerprint density at radius 3 is 2.44 bits per heavy atom. The van der Waals surface area contributed by atoms with E-state index in [-0.39, 0.29) is 18.1 Å². The van der Waals surface area contributed by atoms with Crippen LogP contribution in [-0.2, 0) is 11.2 Å². The lowest BCUT2D eigenvalue weighted by atomic mass is 10.1. The van der Waals surface area contributed by atoms with E-state index in [1.54, 1.807) is 36.4 Å². The molecule has 2 aromatic carbocycles. The predicted molar refractivity (Wildman–Crippen MR) is 69.6 cm³/mol. The van der Waals surface area contributed by atoms with Crippen molar-refractivity contribution in [3.63, 3.8) is 0 Å². The van der Waals surface area contributed by atoms with E-state index < -0.39 is 0 Å². The number of nitrogens with two attached hydrogens (primary N) is 1. The van der Waals surface area contributed by atoms with Gasteiger partial charge < -0.3 is 11.1 Å². The van der Waals surface area contributed by atoms with Crippen LogP contribution < -0.4 is 11.1 Å². The number of benzene rings is 2. The van der Waals surface area contributed by atoms with E-state index in [1.165, 1.54) is 12.1 Å². The molecule has 0 unspecified atom stereocenters. The number of rotatable bonds is 3. The van der Waals surface area contributed by atoms with E-state index in [9.17, 15) is 9.18 Å². The molecule has 0 radical (unpaired) electrons. The summed E-state index contributed by atoms with van der Waals surface area (Å²) in [6.45, 7) is 0. The van der Waals surface area contributed by atoms with Crippen molar-refractivity contribution in [2.45, 2.75) is 6.42 Å². The number of carbonyl (C=O) groups excluding carboxylic acids is 1. The summed E-state index contributed by atoms with van der Waals surface area (Å²) in [7, 11) is 0. The van der Waals surface area contributed by atoms with E-state index in [2.05, 4.69) is 5.32 Å². The third kappa shape index (κ3) is 3.07. The molecule has 3 nitrogen and oxygen atoms in total. The summed E-state index contributed by atoms with van der Waals surface area (Å²) in [5.74, 6) is -0.494. The van der Waals surface area contributed by atoms with Crippen LogP contribution in [0.1, 0.15) is 5.56 Å². The summed E-state index contributed by atoms with van der Waals surface area (Å²) in [5, 5.41) is 2.72. The predicted octanol–water partition coefficient (Wildman–Crippen LogP) is 2.59. The van der Waals surface area contributed by atoms with Crippen molar-refractivity contribution in [1.29, 1.82) is 0 Å². The number of nitrogen functional groups attached to an aromatic ring is 1. The first-order valence-electron chi connectivity index (χ1n) is 5.54. The minimum absolute atomic E-state index is 0.181. The Bertz CT molecular complexity index is 552. The standard InChI is InChI=1S/C14H13FN2O/c15-11-7-5-10(6-8-11)9-14(18)17-13-4-2-1-3-12(13)16/h1-8H,9,16H2,(H,17,18). The summed E-state index contributed by atoms with van der Waals surface area (Å²) in [6.07, 6.45) is 0.189. The van der Waals surface area contributed by atoms with Crippen LogP contribution in [-0.4, -0.2) is 5.91 Å². The Balaban J connectivity index is 2.01. The van der Waals surface area contributed by atoms with Crippen LogP contribution >= 0.6 is 0 Å². The quantitative estimate of drug-likeness (QED) is 0.815. The molecule has 1 amide bonds. The van der Waals surface area contributed by atoms with Gasteiger partial charge in [0.05, 0.1) is 17.8 Å². The Morgan fingerprint density at radius 2 is 1.78 bits per heavy atom. The van der Waals surface area contributed by atoms with Gasteiger partial charge in [-0.3, -0.25) is 4.79 Å². The number of amides is 1. The fourth-order valence-corrected chi connectivity index (χ4v) is 1.59. The molecule has 0 aliphatic carbocycles. The Hall–Kier alpha value is -2.36. The maximum absolute atomic E-state index is 12.7. The fraction of sp³-hybridized carbons (Fsp3) is 0.0714. The molecular weight excluding hydrogens is 231 g/mol. The molecule has 0 bridgehead atoms. The van der Waals surface area contributed by atoms with Gasteiger partial charge in [0.25, 0.3) is 0 Å². The van der Waals surface area contributed by atoms with Gasteiger partial charge >= 0.3 is 0 Å². The lowest BCUT2D eigenvalue weighted by Crippen LogP contribution is -2.15. The highest BCUT2D eigenvalue weighted by Gasteiger charge is 2.05. The van der Waals surface area contributed by atoms with Crippen LogP contribution in [0.3, 0.4) is 0 Å². The van der Waals surface area contributed by atoms with Gasteiger partial charge in [-0.05, 0) is 29.8 Å². The van der Waals surface area contributed by atoms with Crippen molar-refractivity contribution in [1.82, 2.24) is 0 Å². The smallest absolute Gasteiger partial charge is 0.228 e. The second-order valence-corrected chi connectivity index (χ2v) is 3.94.